The summed E-state index contributed by atoms with van der Waals surface area (Å²) in [5.41, 5.74) is 1.31. The zero-order valence-electron chi connectivity index (χ0n) is 19.1. The lowest BCUT2D eigenvalue weighted by atomic mass is 9.95. The molecule has 0 saturated heterocycles. The minimum atomic E-state index is -3.56. The molecule has 10 heteroatoms. The third-order valence-electron chi connectivity index (χ3n) is 5.91. The highest BCUT2D eigenvalue weighted by molar-refractivity contribution is 7.89. The highest BCUT2D eigenvalue weighted by Gasteiger charge is 2.23. The average Bonchev–Trinajstić information content (AvgIpc) is 3.07. The summed E-state index contributed by atoms with van der Waals surface area (Å²) in [6.45, 7) is 1.58. The second-order valence-electron chi connectivity index (χ2n) is 8.50. The molecule has 0 bridgehead atoms. The molecule has 1 unspecified atom stereocenters. The number of benzene rings is 1. The van der Waals surface area contributed by atoms with E-state index in [9.17, 15) is 18.0 Å². The number of hydrogen-bond donors (Lipinski definition) is 1. The van der Waals surface area contributed by atoms with E-state index in [-0.39, 0.29) is 23.3 Å². The van der Waals surface area contributed by atoms with Gasteiger partial charge in [-0.3, -0.25) is 9.59 Å². The van der Waals surface area contributed by atoms with Gasteiger partial charge in [0, 0.05) is 33.6 Å². The molecule has 1 aromatic carbocycles. The molecule has 1 aromatic heterocycles. The second-order valence-corrected chi connectivity index (χ2v) is 10.7. The van der Waals surface area contributed by atoms with Crippen molar-refractivity contribution in [3.05, 3.63) is 24.0 Å². The van der Waals surface area contributed by atoms with Gasteiger partial charge in [0.05, 0.1) is 22.3 Å². The van der Waals surface area contributed by atoms with E-state index in [1.165, 1.54) is 26.6 Å². The average molecular weight is 465 g/mol. The number of nitrogens with zero attached hydrogens (tertiary/aromatic N) is 3. The van der Waals surface area contributed by atoms with Crippen LogP contribution in [0, 0.1) is 0 Å². The summed E-state index contributed by atoms with van der Waals surface area (Å²) in [5.74, 6) is -0.0995. The van der Waals surface area contributed by atoms with Gasteiger partial charge in [0.2, 0.25) is 10.0 Å². The molecule has 3 rings (SSSR count). The highest BCUT2D eigenvalue weighted by atomic mass is 32.2. The summed E-state index contributed by atoms with van der Waals surface area (Å²) < 4.78 is 33.0. The Kier molecular flexibility index (Phi) is 7.55. The molecule has 1 heterocycles. The van der Waals surface area contributed by atoms with E-state index in [0.717, 1.165) is 35.5 Å². The van der Waals surface area contributed by atoms with Crippen molar-refractivity contribution >= 4 is 32.9 Å². The third-order valence-corrected chi connectivity index (χ3v) is 7.72. The Bertz CT molecular complexity index is 1090. The SMILES string of the molecule is CC(OC(=O)CCc1nc2cc(S(=O)(=O)N(C)C)ccc2n1C)C(=O)NC1CCCCC1. The molecular weight excluding hydrogens is 432 g/mol. The van der Waals surface area contributed by atoms with Gasteiger partial charge in [0.15, 0.2) is 6.10 Å². The predicted octanol–water partition coefficient (Wildman–Crippen LogP) is 2.14. The lowest BCUT2D eigenvalue weighted by Crippen LogP contribution is -2.42. The number of fused-ring (bicyclic) bond motifs is 1. The van der Waals surface area contributed by atoms with Crippen LogP contribution in [0.4, 0.5) is 0 Å². The van der Waals surface area contributed by atoms with E-state index >= 15 is 0 Å². The molecule has 176 valence electrons. The fraction of sp³-hybridized carbons (Fsp3) is 0.591. The number of sulfonamides is 1. The van der Waals surface area contributed by atoms with Crippen LogP contribution in [0.3, 0.4) is 0 Å². The number of hydrogen-bond acceptors (Lipinski definition) is 6. The van der Waals surface area contributed by atoms with Gasteiger partial charge in [0.25, 0.3) is 5.91 Å². The summed E-state index contributed by atoms with van der Waals surface area (Å²) in [6, 6.07) is 4.95. The van der Waals surface area contributed by atoms with Gasteiger partial charge in [0.1, 0.15) is 5.82 Å². The van der Waals surface area contributed by atoms with Crippen LogP contribution >= 0.6 is 0 Å². The van der Waals surface area contributed by atoms with Crippen molar-refractivity contribution in [2.24, 2.45) is 7.05 Å². The van der Waals surface area contributed by atoms with Crippen LogP contribution < -0.4 is 5.32 Å². The van der Waals surface area contributed by atoms with Crippen molar-refractivity contribution in [2.75, 3.05) is 14.1 Å². The first-order chi connectivity index (χ1) is 15.1. The molecule has 2 aromatic rings. The van der Waals surface area contributed by atoms with E-state index in [4.69, 9.17) is 4.74 Å². The topological polar surface area (TPSA) is 111 Å². The van der Waals surface area contributed by atoms with E-state index in [0.29, 0.717) is 17.8 Å². The molecular formula is C22H32N4O5S. The lowest BCUT2D eigenvalue weighted by Gasteiger charge is -2.24. The Morgan fingerprint density at radius 3 is 2.59 bits per heavy atom. The monoisotopic (exact) mass is 464 g/mol. The molecule has 1 amide bonds. The number of amides is 1. The minimum Gasteiger partial charge on any atom is -0.453 e. The number of carbonyl (C=O) groups excluding carboxylic acids is 2. The van der Waals surface area contributed by atoms with Crippen molar-refractivity contribution in [1.82, 2.24) is 19.2 Å². The van der Waals surface area contributed by atoms with Crippen LogP contribution in [0.25, 0.3) is 11.0 Å². The molecule has 1 N–H and O–H groups in total. The number of ether oxygens (including phenoxy) is 1. The van der Waals surface area contributed by atoms with Crippen LogP contribution in [0.15, 0.2) is 23.1 Å². The number of esters is 1. The summed E-state index contributed by atoms with van der Waals surface area (Å²) in [7, 11) is 1.21. The van der Waals surface area contributed by atoms with Crippen molar-refractivity contribution in [2.45, 2.75) is 68.9 Å². The predicted molar refractivity (Wildman–Crippen MR) is 120 cm³/mol. The van der Waals surface area contributed by atoms with Crippen LogP contribution in [0.2, 0.25) is 0 Å². The Morgan fingerprint density at radius 2 is 1.94 bits per heavy atom. The van der Waals surface area contributed by atoms with Gasteiger partial charge in [-0.05, 0) is 38.0 Å². The van der Waals surface area contributed by atoms with E-state index < -0.39 is 22.1 Å². The normalized spacial score (nSPS) is 16.3. The quantitative estimate of drug-likeness (QED) is 0.599. The Hall–Kier alpha value is -2.46. The van der Waals surface area contributed by atoms with E-state index in [2.05, 4.69) is 10.3 Å². The van der Waals surface area contributed by atoms with Crippen molar-refractivity contribution < 1.29 is 22.7 Å². The van der Waals surface area contributed by atoms with Gasteiger partial charge in [-0.25, -0.2) is 17.7 Å². The first-order valence-electron chi connectivity index (χ1n) is 11.0. The molecule has 1 aliphatic rings. The van der Waals surface area contributed by atoms with Gasteiger partial charge < -0.3 is 14.6 Å². The number of aryl methyl sites for hydroxylation is 2. The molecule has 1 saturated carbocycles. The maximum atomic E-state index is 12.4. The largest absolute Gasteiger partial charge is 0.453 e. The molecule has 1 fully saturated rings. The van der Waals surface area contributed by atoms with E-state index in [1.807, 2.05) is 11.6 Å². The molecule has 0 radical (unpaired) electrons. The van der Waals surface area contributed by atoms with Gasteiger partial charge in [-0.15, -0.1) is 0 Å². The summed E-state index contributed by atoms with van der Waals surface area (Å²) >= 11 is 0. The van der Waals surface area contributed by atoms with Gasteiger partial charge in [-0.2, -0.15) is 0 Å². The number of imidazole rings is 1. The van der Waals surface area contributed by atoms with Crippen molar-refractivity contribution in [3.8, 4) is 0 Å². The molecule has 32 heavy (non-hydrogen) atoms. The second kappa shape index (κ2) is 9.99. The molecule has 0 aliphatic heterocycles. The lowest BCUT2D eigenvalue weighted by molar-refractivity contribution is -0.155. The summed E-state index contributed by atoms with van der Waals surface area (Å²) in [4.78, 5) is 29.2. The van der Waals surface area contributed by atoms with Crippen LogP contribution in [-0.2, 0) is 37.8 Å². The minimum absolute atomic E-state index is 0.0705. The smallest absolute Gasteiger partial charge is 0.307 e. The number of carbonyl (C=O) groups is 2. The fourth-order valence-electron chi connectivity index (χ4n) is 3.91. The van der Waals surface area contributed by atoms with Crippen LogP contribution in [-0.4, -0.2) is 60.4 Å². The summed E-state index contributed by atoms with van der Waals surface area (Å²) in [5, 5.41) is 2.96. The molecule has 1 aliphatic carbocycles. The van der Waals surface area contributed by atoms with Crippen LogP contribution in [0.5, 0.6) is 0 Å². The summed E-state index contributed by atoms with van der Waals surface area (Å²) in [6.07, 6.45) is 4.90. The van der Waals surface area contributed by atoms with Crippen molar-refractivity contribution in [3.63, 3.8) is 0 Å². The number of nitrogens with one attached hydrogen (secondary N) is 1. The maximum absolute atomic E-state index is 12.4. The highest BCUT2D eigenvalue weighted by Crippen LogP contribution is 2.22. The first-order valence-corrected chi connectivity index (χ1v) is 12.4. The zero-order valence-corrected chi connectivity index (χ0v) is 19.9. The Balaban J connectivity index is 1.59. The molecule has 0 spiro atoms. The standard InChI is InChI=1S/C22H32N4O5S/c1-15(22(28)23-16-8-6-5-7-9-16)31-21(27)13-12-20-24-18-14-17(32(29,30)25(2)3)10-11-19(18)26(20)4/h10-11,14-16H,5-9,12-13H2,1-4H3,(H,23,28). The van der Waals surface area contributed by atoms with Crippen LogP contribution in [0.1, 0.15) is 51.3 Å². The Morgan fingerprint density at radius 1 is 1.25 bits per heavy atom. The van der Waals surface area contributed by atoms with E-state index in [1.54, 1.807) is 19.1 Å². The molecule has 9 nitrogen and oxygen atoms in total. The van der Waals surface area contributed by atoms with Crippen molar-refractivity contribution in [1.29, 1.82) is 0 Å². The third kappa shape index (κ3) is 5.47. The maximum Gasteiger partial charge on any atom is 0.307 e. The van der Waals surface area contributed by atoms with Gasteiger partial charge >= 0.3 is 5.97 Å². The molecule has 1 atom stereocenters. The fourth-order valence-corrected chi connectivity index (χ4v) is 4.84. The number of aromatic nitrogens is 2. The zero-order chi connectivity index (χ0) is 23.5. The number of rotatable bonds is 8. The Labute approximate surface area is 189 Å². The van der Waals surface area contributed by atoms with Gasteiger partial charge in [-0.1, -0.05) is 19.3 Å². The first kappa shape index (κ1) is 24.2.